The Labute approximate surface area is 164 Å². The summed E-state index contributed by atoms with van der Waals surface area (Å²) in [6.07, 6.45) is 0.385. The molecule has 1 saturated heterocycles. The summed E-state index contributed by atoms with van der Waals surface area (Å²) in [5.74, 6) is -1.84. The number of nitrogens with one attached hydrogen (secondary N) is 2. The fourth-order valence-electron chi connectivity index (χ4n) is 3.50. The fourth-order valence-corrected chi connectivity index (χ4v) is 3.50. The number of halogens is 3. The number of hydrogen-bond acceptors (Lipinski definition) is 3. The van der Waals surface area contributed by atoms with Crippen LogP contribution in [0.1, 0.15) is 12.0 Å². The van der Waals surface area contributed by atoms with Crippen LogP contribution in [-0.4, -0.2) is 36.9 Å². The second-order valence-electron chi connectivity index (χ2n) is 6.89. The molecule has 1 atom stereocenters. The Bertz CT molecular complexity index is 1030. The molecule has 0 bridgehead atoms. The Hall–Kier alpha value is -3.00. The lowest BCUT2D eigenvalue weighted by atomic mass is 10.0. The Kier molecular flexibility index (Phi) is 5.44. The van der Waals surface area contributed by atoms with Crippen molar-refractivity contribution in [2.24, 2.45) is 0 Å². The van der Waals surface area contributed by atoms with Gasteiger partial charge >= 0.3 is 6.09 Å². The third kappa shape index (κ3) is 4.22. The van der Waals surface area contributed by atoms with E-state index < -0.39 is 23.5 Å². The van der Waals surface area contributed by atoms with Crippen LogP contribution in [0.2, 0.25) is 0 Å². The van der Waals surface area contributed by atoms with Gasteiger partial charge in [0.1, 0.15) is 17.5 Å². The molecule has 2 heterocycles. The molecule has 0 saturated carbocycles. The van der Waals surface area contributed by atoms with E-state index in [1.54, 1.807) is 12.1 Å². The second kappa shape index (κ2) is 8.16. The van der Waals surface area contributed by atoms with Crippen molar-refractivity contribution < 1.29 is 27.4 Å². The van der Waals surface area contributed by atoms with Crippen LogP contribution in [0, 0.1) is 17.5 Å². The summed E-state index contributed by atoms with van der Waals surface area (Å²) in [6.45, 7) is 1.06. The molecule has 2 aromatic carbocycles. The summed E-state index contributed by atoms with van der Waals surface area (Å²) < 4.78 is 51.8. The first kappa shape index (κ1) is 19.3. The minimum Gasteiger partial charge on any atom is -0.449 e. The van der Waals surface area contributed by atoms with Crippen LogP contribution < -0.4 is 5.32 Å². The molecular formula is C21H19F3N2O3. The zero-order chi connectivity index (χ0) is 20.4. The molecule has 3 aromatic rings. The highest BCUT2D eigenvalue weighted by atomic mass is 19.1. The van der Waals surface area contributed by atoms with Crippen LogP contribution >= 0.6 is 0 Å². The number of benzene rings is 2. The standard InChI is InChI=1S/C21H19F3N2O3/c22-13-3-1-12(2-4-13)19-16(17-9-14(23)10-18(24)20(17)26-19)6-8-29-21(27)25-15-5-7-28-11-15/h1-4,9-10,15,26H,5-8,11H2,(H,25,27). The van der Waals surface area contributed by atoms with E-state index in [1.165, 1.54) is 18.2 Å². The maximum atomic E-state index is 14.3. The minimum atomic E-state index is -0.727. The number of fused-ring (bicyclic) bond motifs is 1. The highest BCUT2D eigenvalue weighted by Crippen LogP contribution is 2.33. The first-order valence-corrected chi connectivity index (χ1v) is 9.28. The van der Waals surface area contributed by atoms with Crippen LogP contribution in [0.15, 0.2) is 36.4 Å². The van der Waals surface area contributed by atoms with Crippen molar-refractivity contribution in [1.82, 2.24) is 10.3 Å². The summed E-state index contributed by atoms with van der Waals surface area (Å²) in [7, 11) is 0. The quantitative estimate of drug-likeness (QED) is 0.666. The van der Waals surface area contributed by atoms with E-state index in [-0.39, 0.29) is 24.6 Å². The number of carbonyl (C=O) groups excluding carboxylic acids is 1. The van der Waals surface area contributed by atoms with E-state index in [2.05, 4.69) is 10.3 Å². The molecule has 1 unspecified atom stereocenters. The Morgan fingerprint density at radius 1 is 1.17 bits per heavy atom. The van der Waals surface area contributed by atoms with Gasteiger partial charge in [-0.1, -0.05) is 0 Å². The summed E-state index contributed by atoms with van der Waals surface area (Å²) in [4.78, 5) is 14.9. The number of H-pyrrole nitrogens is 1. The number of aromatic amines is 1. The van der Waals surface area contributed by atoms with Gasteiger partial charge in [0, 0.05) is 30.2 Å². The van der Waals surface area contributed by atoms with E-state index >= 15 is 0 Å². The highest BCUT2D eigenvalue weighted by Gasteiger charge is 2.20. The number of rotatable bonds is 5. The normalized spacial score (nSPS) is 16.3. The molecule has 0 spiro atoms. The highest BCUT2D eigenvalue weighted by molar-refractivity contribution is 5.91. The van der Waals surface area contributed by atoms with Crippen LogP contribution in [0.25, 0.3) is 22.2 Å². The van der Waals surface area contributed by atoms with Crippen molar-refractivity contribution in [2.45, 2.75) is 18.9 Å². The van der Waals surface area contributed by atoms with Gasteiger partial charge in [-0.05, 0) is 47.9 Å². The molecular weight excluding hydrogens is 385 g/mol. The smallest absolute Gasteiger partial charge is 0.407 e. The molecule has 1 aliphatic rings. The van der Waals surface area contributed by atoms with Gasteiger partial charge in [0.25, 0.3) is 0 Å². The van der Waals surface area contributed by atoms with Crippen molar-refractivity contribution in [3.8, 4) is 11.3 Å². The van der Waals surface area contributed by atoms with Crippen molar-refractivity contribution >= 4 is 17.0 Å². The van der Waals surface area contributed by atoms with E-state index in [0.29, 0.717) is 35.4 Å². The number of aromatic nitrogens is 1. The summed E-state index contributed by atoms with van der Waals surface area (Å²) in [5.41, 5.74) is 1.87. The second-order valence-corrected chi connectivity index (χ2v) is 6.89. The molecule has 2 N–H and O–H groups in total. The van der Waals surface area contributed by atoms with Gasteiger partial charge in [0.05, 0.1) is 24.8 Å². The zero-order valence-electron chi connectivity index (χ0n) is 15.4. The largest absolute Gasteiger partial charge is 0.449 e. The average molecular weight is 404 g/mol. The fraction of sp³-hybridized carbons (Fsp3) is 0.286. The summed E-state index contributed by atoms with van der Waals surface area (Å²) >= 11 is 0. The molecule has 1 aromatic heterocycles. The third-order valence-electron chi connectivity index (χ3n) is 4.90. The van der Waals surface area contributed by atoms with Crippen LogP contribution in [0.3, 0.4) is 0 Å². The molecule has 5 nitrogen and oxygen atoms in total. The van der Waals surface area contributed by atoms with Crippen LogP contribution in [-0.2, 0) is 15.9 Å². The molecule has 1 amide bonds. The maximum absolute atomic E-state index is 14.3. The molecule has 1 fully saturated rings. The SMILES string of the molecule is O=C(NC1CCOC1)OCCc1c(-c2ccc(F)cc2)[nH]c2c(F)cc(F)cc12. The van der Waals surface area contributed by atoms with Gasteiger partial charge in [-0.15, -0.1) is 0 Å². The first-order valence-electron chi connectivity index (χ1n) is 9.28. The van der Waals surface area contributed by atoms with Crippen LogP contribution in [0.4, 0.5) is 18.0 Å². The lowest BCUT2D eigenvalue weighted by Crippen LogP contribution is -2.35. The minimum absolute atomic E-state index is 0.0126. The topological polar surface area (TPSA) is 63.4 Å². The molecule has 0 aliphatic carbocycles. The number of carbonyl (C=O) groups is 1. The van der Waals surface area contributed by atoms with E-state index in [4.69, 9.17) is 9.47 Å². The number of ether oxygens (including phenoxy) is 2. The van der Waals surface area contributed by atoms with Crippen molar-refractivity contribution in [1.29, 1.82) is 0 Å². The third-order valence-corrected chi connectivity index (χ3v) is 4.90. The maximum Gasteiger partial charge on any atom is 0.407 e. The number of amides is 1. The van der Waals surface area contributed by atoms with E-state index in [0.717, 1.165) is 12.5 Å². The van der Waals surface area contributed by atoms with Gasteiger partial charge in [-0.3, -0.25) is 0 Å². The monoisotopic (exact) mass is 404 g/mol. The van der Waals surface area contributed by atoms with Crippen molar-refractivity contribution in [3.63, 3.8) is 0 Å². The Balaban J connectivity index is 1.58. The van der Waals surface area contributed by atoms with Crippen molar-refractivity contribution in [3.05, 3.63) is 59.4 Å². The molecule has 1 aliphatic heterocycles. The van der Waals surface area contributed by atoms with E-state index in [1.807, 2.05) is 0 Å². The number of alkyl carbamates (subject to hydrolysis) is 1. The number of hydrogen-bond donors (Lipinski definition) is 2. The molecule has 152 valence electrons. The van der Waals surface area contributed by atoms with Gasteiger partial charge < -0.3 is 19.8 Å². The first-order chi connectivity index (χ1) is 14.0. The predicted molar refractivity (Wildman–Crippen MR) is 101 cm³/mol. The lowest BCUT2D eigenvalue weighted by Gasteiger charge is -2.11. The van der Waals surface area contributed by atoms with Crippen LogP contribution in [0.5, 0.6) is 0 Å². The van der Waals surface area contributed by atoms with Gasteiger partial charge in [0.15, 0.2) is 0 Å². The average Bonchev–Trinajstić information content (AvgIpc) is 3.31. The molecule has 29 heavy (non-hydrogen) atoms. The summed E-state index contributed by atoms with van der Waals surface area (Å²) in [5, 5.41) is 3.07. The molecule has 8 heteroatoms. The van der Waals surface area contributed by atoms with Gasteiger partial charge in [0.2, 0.25) is 0 Å². The van der Waals surface area contributed by atoms with Gasteiger partial charge in [-0.2, -0.15) is 0 Å². The van der Waals surface area contributed by atoms with E-state index in [9.17, 15) is 18.0 Å². The van der Waals surface area contributed by atoms with Crippen molar-refractivity contribution in [2.75, 3.05) is 19.8 Å². The Morgan fingerprint density at radius 2 is 1.97 bits per heavy atom. The zero-order valence-corrected chi connectivity index (χ0v) is 15.4. The Morgan fingerprint density at radius 3 is 2.69 bits per heavy atom. The van der Waals surface area contributed by atoms with Gasteiger partial charge in [-0.25, -0.2) is 18.0 Å². The summed E-state index contributed by atoms with van der Waals surface area (Å²) in [6, 6.07) is 7.62. The predicted octanol–water partition coefficient (Wildman–Crippen LogP) is 4.31. The molecule has 4 rings (SSSR count). The lowest BCUT2D eigenvalue weighted by molar-refractivity contribution is 0.139. The molecule has 0 radical (unpaired) electrons.